The Kier molecular flexibility index (Phi) is 8.70. The Bertz CT molecular complexity index is 1250. The summed E-state index contributed by atoms with van der Waals surface area (Å²) in [5.41, 5.74) is 0.867. The van der Waals surface area contributed by atoms with E-state index >= 15 is 0 Å². The highest BCUT2D eigenvalue weighted by molar-refractivity contribution is 5.92. The van der Waals surface area contributed by atoms with Crippen LogP contribution in [0.4, 0.5) is 5.69 Å². The number of amides is 2. The number of carbonyl (C=O) groups excluding carboxylic acids is 2. The third-order valence-electron chi connectivity index (χ3n) is 6.95. The maximum atomic E-state index is 13.3. The Hall–Kier alpha value is -3.95. The third-order valence-corrected chi connectivity index (χ3v) is 6.95. The lowest BCUT2D eigenvalue weighted by Gasteiger charge is -2.41. The van der Waals surface area contributed by atoms with E-state index in [0.717, 1.165) is 25.0 Å². The summed E-state index contributed by atoms with van der Waals surface area (Å²) in [6.07, 6.45) is 6.55. The zero-order chi connectivity index (χ0) is 26.9. The first-order valence-electron chi connectivity index (χ1n) is 13.4. The van der Waals surface area contributed by atoms with Crippen LogP contribution < -0.4 is 20.1 Å². The zero-order valence-corrected chi connectivity index (χ0v) is 21.9. The molecule has 9 heteroatoms. The van der Waals surface area contributed by atoms with Crippen LogP contribution in [-0.2, 0) is 20.7 Å². The van der Waals surface area contributed by atoms with Crippen molar-refractivity contribution < 1.29 is 23.8 Å². The molecule has 1 atom stereocenters. The smallest absolute Gasteiger partial charge is 0.253 e. The molecule has 1 saturated heterocycles. The number of morpholine rings is 1. The molecule has 1 fully saturated rings. The Morgan fingerprint density at radius 1 is 1.05 bits per heavy atom. The van der Waals surface area contributed by atoms with E-state index in [9.17, 15) is 9.59 Å². The molecule has 2 aliphatic heterocycles. The van der Waals surface area contributed by atoms with Crippen LogP contribution in [0.2, 0.25) is 0 Å². The van der Waals surface area contributed by atoms with Crippen LogP contribution >= 0.6 is 0 Å². The van der Waals surface area contributed by atoms with Crippen molar-refractivity contribution in [3.8, 4) is 17.2 Å². The first-order chi connectivity index (χ1) is 19.1. The highest BCUT2D eigenvalue weighted by Crippen LogP contribution is 2.28. The van der Waals surface area contributed by atoms with Crippen LogP contribution in [0.1, 0.15) is 24.8 Å². The Labute approximate surface area is 228 Å². The molecule has 204 valence electrons. The molecule has 3 aromatic rings. The van der Waals surface area contributed by atoms with Crippen molar-refractivity contribution in [1.82, 2.24) is 15.2 Å². The summed E-state index contributed by atoms with van der Waals surface area (Å²) in [7, 11) is 0. The topological polar surface area (TPSA) is 102 Å². The van der Waals surface area contributed by atoms with Crippen LogP contribution in [-0.4, -0.2) is 66.7 Å². The van der Waals surface area contributed by atoms with Gasteiger partial charge in [-0.15, -0.1) is 0 Å². The fraction of sp³-hybridized carbons (Fsp3) is 0.367. The number of carbonyl (C=O) groups is 2. The number of nitrogens with one attached hydrogen (secondary N) is 2. The summed E-state index contributed by atoms with van der Waals surface area (Å²) >= 11 is 0. The lowest BCUT2D eigenvalue weighted by Crippen LogP contribution is -2.61. The van der Waals surface area contributed by atoms with E-state index in [0.29, 0.717) is 56.5 Å². The van der Waals surface area contributed by atoms with Crippen molar-refractivity contribution in [1.29, 1.82) is 0 Å². The second-order valence-corrected chi connectivity index (χ2v) is 9.84. The number of pyridine rings is 1. The van der Waals surface area contributed by atoms with Gasteiger partial charge >= 0.3 is 0 Å². The minimum absolute atomic E-state index is 0.144. The van der Waals surface area contributed by atoms with E-state index in [1.54, 1.807) is 42.7 Å². The van der Waals surface area contributed by atoms with Gasteiger partial charge in [0.15, 0.2) is 5.60 Å². The third kappa shape index (κ3) is 7.13. The summed E-state index contributed by atoms with van der Waals surface area (Å²) in [6, 6.07) is 18.9. The van der Waals surface area contributed by atoms with E-state index in [-0.39, 0.29) is 18.4 Å². The van der Waals surface area contributed by atoms with Gasteiger partial charge in [0, 0.05) is 25.0 Å². The number of hydrogen-bond acceptors (Lipinski definition) is 7. The van der Waals surface area contributed by atoms with Gasteiger partial charge < -0.3 is 24.8 Å². The monoisotopic (exact) mass is 530 g/mol. The van der Waals surface area contributed by atoms with E-state index in [1.165, 1.54) is 5.56 Å². The van der Waals surface area contributed by atoms with Gasteiger partial charge in [0.05, 0.1) is 25.9 Å². The fourth-order valence-corrected chi connectivity index (χ4v) is 5.01. The Morgan fingerprint density at radius 3 is 2.77 bits per heavy atom. The number of benzene rings is 2. The highest BCUT2D eigenvalue weighted by atomic mass is 16.5. The summed E-state index contributed by atoms with van der Waals surface area (Å²) in [5.74, 6) is 1.88. The van der Waals surface area contributed by atoms with Crippen LogP contribution in [0.3, 0.4) is 0 Å². The molecule has 2 amide bonds. The average Bonchev–Trinajstić information content (AvgIpc) is 2.95. The molecule has 1 spiro atoms. The maximum absolute atomic E-state index is 13.3. The number of ether oxygens (including phenoxy) is 3. The van der Waals surface area contributed by atoms with E-state index in [4.69, 9.17) is 14.2 Å². The SMILES string of the molecule is O=C(CN1CCOC2(CCCCc3ccccc3OCCNC2=O)C1)Nc1ccc(Oc2cccnc2)cc1. The first kappa shape index (κ1) is 26.6. The fourth-order valence-electron chi connectivity index (χ4n) is 5.01. The zero-order valence-electron chi connectivity index (χ0n) is 21.9. The molecule has 0 saturated carbocycles. The molecule has 0 aliphatic carbocycles. The van der Waals surface area contributed by atoms with Gasteiger partial charge in [-0.25, -0.2) is 0 Å². The molecule has 1 aromatic heterocycles. The molecule has 5 rings (SSSR count). The van der Waals surface area contributed by atoms with E-state index in [2.05, 4.69) is 21.7 Å². The molecule has 1 unspecified atom stereocenters. The predicted molar refractivity (Wildman–Crippen MR) is 147 cm³/mol. The summed E-state index contributed by atoms with van der Waals surface area (Å²) in [4.78, 5) is 32.2. The lowest BCUT2D eigenvalue weighted by molar-refractivity contribution is -0.163. The first-order valence-corrected chi connectivity index (χ1v) is 13.4. The molecule has 2 aliphatic rings. The van der Waals surface area contributed by atoms with Crippen LogP contribution in [0.15, 0.2) is 73.1 Å². The maximum Gasteiger partial charge on any atom is 0.253 e. The van der Waals surface area contributed by atoms with Crippen LogP contribution in [0, 0.1) is 0 Å². The van der Waals surface area contributed by atoms with Gasteiger partial charge in [-0.1, -0.05) is 18.2 Å². The number of aromatic nitrogens is 1. The van der Waals surface area contributed by atoms with Crippen molar-refractivity contribution in [3.05, 3.63) is 78.6 Å². The van der Waals surface area contributed by atoms with Crippen molar-refractivity contribution >= 4 is 17.5 Å². The number of aryl methyl sites for hydroxylation is 1. The van der Waals surface area contributed by atoms with Gasteiger partial charge in [0.2, 0.25) is 5.91 Å². The van der Waals surface area contributed by atoms with Gasteiger partial charge in [0.1, 0.15) is 23.9 Å². The molecular formula is C30H34N4O5. The van der Waals surface area contributed by atoms with Crippen molar-refractivity contribution in [3.63, 3.8) is 0 Å². The number of rotatable bonds is 5. The van der Waals surface area contributed by atoms with Gasteiger partial charge in [0.25, 0.3) is 5.91 Å². The number of para-hydroxylation sites is 1. The average molecular weight is 531 g/mol. The molecule has 3 heterocycles. The molecule has 0 bridgehead atoms. The van der Waals surface area contributed by atoms with E-state index < -0.39 is 5.60 Å². The second-order valence-electron chi connectivity index (χ2n) is 9.84. The van der Waals surface area contributed by atoms with Gasteiger partial charge in [-0.3, -0.25) is 19.5 Å². The molecule has 2 aromatic carbocycles. The number of hydrogen-bond donors (Lipinski definition) is 2. The van der Waals surface area contributed by atoms with Crippen molar-refractivity contribution in [2.24, 2.45) is 0 Å². The standard InChI is InChI=1S/C30H34N4O5/c35-28(33-24-10-12-25(13-11-24)39-26-8-5-15-31-20-26)21-34-17-19-38-30(22-34)14-4-3-7-23-6-1-2-9-27(23)37-18-16-32-29(30)36/h1-2,5-6,8-13,15,20H,3-4,7,14,16-19,21-22H2,(H,32,36)(H,33,35). The van der Waals surface area contributed by atoms with Crippen LogP contribution in [0.5, 0.6) is 17.2 Å². The molecular weight excluding hydrogens is 496 g/mol. The summed E-state index contributed by atoms with van der Waals surface area (Å²) in [6.45, 7) is 2.28. The minimum Gasteiger partial charge on any atom is -0.491 e. The van der Waals surface area contributed by atoms with E-state index in [1.807, 2.05) is 29.2 Å². The normalized spacial score (nSPS) is 20.5. The van der Waals surface area contributed by atoms with Crippen molar-refractivity contribution in [2.45, 2.75) is 31.3 Å². The largest absolute Gasteiger partial charge is 0.491 e. The molecule has 0 radical (unpaired) electrons. The quantitative estimate of drug-likeness (QED) is 0.517. The lowest BCUT2D eigenvalue weighted by atomic mass is 9.91. The summed E-state index contributed by atoms with van der Waals surface area (Å²) < 4.78 is 17.8. The van der Waals surface area contributed by atoms with Gasteiger partial charge in [-0.05, 0) is 73.7 Å². The molecule has 9 nitrogen and oxygen atoms in total. The molecule has 39 heavy (non-hydrogen) atoms. The van der Waals surface area contributed by atoms with Gasteiger partial charge in [-0.2, -0.15) is 0 Å². The molecule has 2 N–H and O–H groups in total. The predicted octanol–water partition coefficient (Wildman–Crippen LogP) is 3.81. The summed E-state index contributed by atoms with van der Waals surface area (Å²) in [5, 5.41) is 5.94. The minimum atomic E-state index is -0.984. The Balaban J connectivity index is 1.17. The number of anilines is 1. The van der Waals surface area contributed by atoms with Crippen LogP contribution in [0.25, 0.3) is 0 Å². The number of fused-ring (bicyclic) bond motifs is 1. The second kappa shape index (κ2) is 12.7. The Morgan fingerprint density at radius 2 is 1.92 bits per heavy atom. The number of nitrogens with zero attached hydrogens (tertiary/aromatic N) is 2. The van der Waals surface area contributed by atoms with Crippen molar-refractivity contribution in [2.75, 3.05) is 44.7 Å². The highest BCUT2D eigenvalue weighted by Gasteiger charge is 2.43.